The minimum atomic E-state index is -1.77. The highest BCUT2D eigenvalue weighted by molar-refractivity contribution is 7.89. The van der Waals surface area contributed by atoms with E-state index in [2.05, 4.69) is 37.1 Å². The number of rotatable bonds is 45. The number of hydrogen-bond acceptors (Lipinski definition) is 17. The van der Waals surface area contributed by atoms with Crippen LogP contribution in [0.25, 0.3) is 0 Å². The fraction of sp³-hybridized carbons (Fsp3) is 0.929. The molecule has 17 heteroatoms. The van der Waals surface area contributed by atoms with Gasteiger partial charge in [0.2, 0.25) is 6.29 Å². The van der Waals surface area contributed by atoms with Gasteiger partial charge in [-0.15, -0.1) is 4.33 Å². The lowest BCUT2D eigenvalue weighted by Crippen LogP contribution is -2.65. The van der Waals surface area contributed by atoms with E-state index in [0.29, 0.717) is 18.3 Å². The van der Waals surface area contributed by atoms with Crippen LogP contribution in [0.5, 0.6) is 0 Å². The largest absolute Gasteiger partial charge is 0.453 e. The van der Waals surface area contributed by atoms with Crippen LogP contribution in [0.4, 0.5) is 0 Å². The number of aliphatic hydroxyl groups is 5. The van der Waals surface area contributed by atoms with Crippen molar-refractivity contribution in [3.05, 3.63) is 11.6 Å². The van der Waals surface area contributed by atoms with Gasteiger partial charge in [-0.25, -0.2) is 10.1 Å². The summed E-state index contributed by atoms with van der Waals surface area (Å²) in [6.07, 6.45) is 22.2. The van der Waals surface area contributed by atoms with Gasteiger partial charge in [0.05, 0.1) is 13.2 Å². The zero-order chi connectivity index (χ0) is 53.6. The van der Waals surface area contributed by atoms with E-state index in [9.17, 15) is 35.1 Å². The third-order valence-corrected chi connectivity index (χ3v) is 15.0. The Kier molecular flexibility index (Phi) is 39.4. The highest BCUT2D eigenvalue weighted by Crippen LogP contribution is 2.34. The van der Waals surface area contributed by atoms with Crippen LogP contribution < -0.4 is 0 Å². The lowest BCUT2D eigenvalue weighted by atomic mass is 9.86. The van der Waals surface area contributed by atoms with E-state index in [0.717, 1.165) is 38.5 Å². The third-order valence-electron chi connectivity index (χ3n) is 14.6. The molecular weight excluding hydrogens is 961 g/mol. The van der Waals surface area contributed by atoms with Crippen molar-refractivity contribution in [2.75, 3.05) is 13.2 Å². The number of carbonyl (C=O) groups excluding carboxylic acids is 2. The Morgan fingerprint density at radius 3 is 1.49 bits per heavy atom. The summed E-state index contributed by atoms with van der Waals surface area (Å²) in [6, 6.07) is 0. The molecule has 6 N–H and O–H groups in total. The van der Waals surface area contributed by atoms with Crippen LogP contribution in [0.1, 0.15) is 241 Å². The SMILES string of the molecule is CCCCCCCCCCCCCCCC[C@H](C)C[C@H](C)C[C@H](C)C=C(C)C(=O)OC1C(O)C(CO)OC(OC2OC(CO)C(O)C(O)C2OSOOO)C1OC(=O)CCCCCCCCCCCCCCC. The predicted octanol–water partition coefficient (Wildman–Crippen LogP) is 11.7. The van der Waals surface area contributed by atoms with E-state index in [4.69, 9.17) is 33.1 Å². The van der Waals surface area contributed by atoms with Crippen molar-refractivity contribution in [2.24, 2.45) is 17.8 Å². The second kappa shape index (κ2) is 42.6. The average molecular weight is 1070 g/mol. The summed E-state index contributed by atoms with van der Waals surface area (Å²) >= 11 is 0.0639. The molecule has 2 fully saturated rings. The summed E-state index contributed by atoms with van der Waals surface area (Å²) in [5.41, 5.74) is 0.277. The normalized spacial score (nSPS) is 25.9. The van der Waals surface area contributed by atoms with Crippen molar-refractivity contribution in [3.63, 3.8) is 0 Å². The second-order valence-corrected chi connectivity index (χ2v) is 22.0. The number of hydrogen-bond donors (Lipinski definition) is 6. The molecule has 0 amide bonds. The van der Waals surface area contributed by atoms with Gasteiger partial charge in [0.1, 0.15) is 30.5 Å². The lowest BCUT2D eigenvalue weighted by molar-refractivity contribution is -0.435. The van der Waals surface area contributed by atoms with Crippen molar-refractivity contribution in [1.29, 1.82) is 0 Å². The van der Waals surface area contributed by atoms with E-state index in [1.807, 2.05) is 13.0 Å². The van der Waals surface area contributed by atoms with Gasteiger partial charge in [-0.3, -0.25) is 8.98 Å². The maximum Gasteiger partial charge on any atom is 0.333 e. The molecule has 430 valence electrons. The van der Waals surface area contributed by atoms with Gasteiger partial charge < -0.3 is 49.2 Å². The topological polar surface area (TPSA) is 229 Å². The number of allylic oxidation sites excluding steroid dienone is 1. The molecular formula is C56H104O16S. The van der Waals surface area contributed by atoms with Gasteiger partial charge in [0.15, 0.2) is 36.9 Å². The molecule has 2 aliphatic rings. The van der Waals surface area contributed by atoms with Crippen LogP contribution in [-0.2, 0) is 46.8 Å². The van der Waals surface area contributed by atoms with Crippen LogP contribution in [0, 0.1) is 17.8 Å². The first-order valence-corrected chi connectivity index (χ1v) is 29.6. The minimum absolute atomic E-state index is 0.00610. The summed E-state index contributed by atoms with van der Waals surface area (Å²) in [6.45, 7) is 11.2. The van der Waals surface area contributed by atoms with Crippen LogP contribution in [-0.4, -0.2) is 117 Å². The van der Waals surface area contributed by atoms with Crippen molar-refractivity contribution < 1.29 is 77.6 Å². The first-order chi connectivity index (χ1) is 35.3. The molecule has 0 aromatic rings. The van der Waals surface area contributed by atoms with Crippen LogP contribution in [0.2, 0.25) is 0 Å². The van der Waals surface area contributed by atoms with Crippen LogP contribution in [0.15, 0.2) is 11.6 Å². The number of ether oxygens (including phenoxy) is 5. The summed E-state index contributed by atoms with van der Waals surface area (Å²) in [4.78, 5) is 27.5. The van der Waals surface area contributed by atoms with Crippen molar-refractivity contribution in [1.82, 2.24) is 0 Å². The first-order valence-electron chi connectivity index (χ1n) is 28.9. The maximum absolute atomic E-state index is 13.9. The van der Waals surface area contributed by atoms with Crippen molar-refractivity contribution >= 4 is 24.3 Å². The van der Waals surface area contributed by atoms with Crippen LogP contribution in [0.3, 0.4) is 0 Å². The summed E-state index contributed by atoms with van der Waals surface area (Å²) < 4.78 is 39.3. The Hall–Kier alpha value is -1.45. The van der Waals surface area contributed by atoms with Gasteiger partial charge in [0.25, 0.3) is 0 Å². The van der Waals surface area contributed by atoms with Crippen molar-refractivity contribution in [3.8, 4) is 0 Å². The molecule has 0 aliphatic carbocycles. The van der Waals surface area contributed by atoms with Gasteiger partial charge in [0, 0.05) is 12.0 Å². The molecule has 0 spiro atoms. The summed E-state index contributed by atoms with van der Waals surface area (Å²) in [5, 5.41) is 65.6. The maximum atomic E-state index is 13.9. The molecule has 0 bridgehead atoms. The first kappa shape index (κ1) is 67.7. The summed E-state index contributed by atoms with van der Waals surface area (Å²) in [7, 11) is 0. The average Bonchev–Trinajstić information content (AvgIpc) is 3.36. The fourth-order valence-electron chi connectivity index (χ4n) is 10.4. The molecule has 2 heterocycles. The molecule has 0 saturated carbocycles. The molecule has 13 atom stereocenters. The molecule has 2 saturated heterocycles. The second-order valence-electron chi connectivity index (χ2n) is 21.5. The molecule has 0 radical (unpaired) electrons. The zero-order valence-corrected chi connectivity index (χ0v) is 46.9. The number of aliphatic hydroxyl groups excluding tert-OH is 5. The predicted molar refractivity (Wildman–Crippen MR) is 283 cm³/mol. The molecule has 16 nitrogen and oxygen atoms in total. The smallest absolute Gasteiger partial charge is 0.333 e. The highest BCUT2D eigenvalue weighted by atomic mass is 32.2. The Bertz CT molecular complexity index is 1390. The molecule has 73 heavy (non-hydrogen) atoms. The standard InChI is InChI=1S/C56H104O16S/c1-7-9-11-13-15-17-19-21-23-24-26-28-30-32-34-41(3)36-42(4)37-43(5)38-44(6)54(63)68-51-49(61)46(40-58)66-56(69-55-52(70-73-72-71-64)50(62)48(60)45(39-57)65-55)53(51)67-47(59)35-33-31-29-27-25-22-20-18-16-14-12-10-8-2/h38,41-43,45-46,48-53,55-58,60-62,64H,7-37,39-40H2,1-6H3/t41-,42-,43-,45?,46?,48?,49?,50?,51?,52?,53?,55?,56?/m0/s1. The Morgan fingerprint density at radius 2 is 1.01 bits per heavy atom. The molecule has 2 rings (SSSR count). The van der Waals surface area contributed by atoms with Gasteiger partial charge in [-0.2, -0.15) is 0 Å². The molecule has 2 aliphatic heterocycles. The Labute approximate surface area is 445 Å². The Balaban J connectivity index is 2.05. The number of esters is 2. The number of unbranched alkanes of at least 4 members (excludes halogenated alkanes) is 25. The highest BCUT2D eigenvalue weighted by Gasteiger charge is 2.54. The van der Waals surface area contributed by atoms with E-state index in [1.165, 1.54) is 148 Å². The molecule has 0 aromatic carbocycles. The van der Waals surface area contributed by atoms with E-state index < -0.39 is 86.6 Å². The molecule has 10 unspecified atom stereocenters. The third kappa shape index (κ3) is 29.2. The van der Waals surface area contributed by atoms with E-state index in [-0.39, 0.29) is 30.2 Å². The summed E-state index contributed by atoms with van der Waals surface area (Å²) in [5.74, 6) is -0.438. The van der Waals surface area contributed by atoms with Crippen molar-refractivity contribution in [2.45, 2.75) is 302 Å². The monoisotopic (exact) mass is 1060 g/mol. The molecule has 0 aromatic heterocycles. The zero-order valence-electron chi connectivity index (χ0n) is 46.1. The lowest BCUT2D eigenvalue weighted by Gasteiger charge is -2.46. The van der Waals surface area contributed by atoms with E-state index >= 15 is 0 Å². The minimum Gasteiger partial charge on any atom is -0.453 e. The van der Waals surface area contributed by atoms with Gasteiger partial charge >= 0.3 is 11.9 Å². The van der Waals surface area contributed by atoms with Gasteiger partial charge in [-0.05, 0) is 43.9 Å². The van der Waals surface area contributed by atoms with Crippen LogP contribution >= 0.6 is 12.3 Å². The number of carbonyl (C=O) groups is 2. The Morgan fingerprint density at radius 1 is 0.562 bits per heavy atom. The fourth-order valence-corrected chi connectivity index (χ4v) is 10.7. The van der Waals surface area contributed by atoms with E-state index in [1.54, 1.807) is 6.92 Å². The quantitative estimate of drug-likeness (QED) is 0.00832. The van der Waals surface area contributed by atoms with Gasteiger partial charge in [-0.1, -0.05) is 219 Å².